The number of nitrogens with zero attached hydrogens (tertiary/aromatic N) is 2. The van der Waals surface area contributed by atoms with Crippen molar-refractivity contribution in [1.29, 1.82) is 5.26 Å². The topological polar surface area (TPSA) is 65.8 Å². The van der Waals surface area contributed by atoms with Crippen molar-refractivity contribution in [2.24, 2.45) is 0 Å². The van der Waals surface area contributed by atoms with E-state index in [1.54, 1.807) is 6.07 Å². The number of halogens is 1. The van der Waals surface area contributed by atoms with Gasteiger partial charge in [-0.2, -0.15) is 5.26 Å². The van der Waals surface area contributed by atoms with Crippen LogP contribution in [0.2, 0.25) is 5.02 Å². The lowest BCUT2D eigenvalue weighted by atomic mass is 9.82. The van der Waals surface area contributed by atoms with Crippen LogP contribution < -0.4 is 5.32 Å². The van der Waals surface area contributed by atoms with Crippen molar-refractivity contribution in [3.8, 4) is 6.07 Å². The maximum Gasteiger partial charge on any atom is 0.237 e. The second kappa shape index (κ2) is 9.77. The predicted molar refractivity (Wildman–Crippen MR) is 130 cm³/mol. The number of nitriles is 1. The second-order valence-corrected chi connectivity index (χ2v) is 9.81. The molecule has 0 bridgehead atoms. The molecule has 0 saturated heterocycles. The molecule has 0 fully saturated rings. The standard InChI is InChI=1S/C26H24ClN3OS/c1-16-22(27)9-6-10-23(16)29-25(31)17(2)32-26-21(15-28)14-20-13-19(11-12-24(20)30-26)18-7-4-3-5-8-18/h3-10,14,17,19H,11-13H2,1-2H3,(H,29,31). The number of carbonyl (C=O) groups excluding carboxylic acids is 1. The fourth-order valence-corrected chi connectivity index (χ4v) is 5.09. The second-order valence-electron chi connectivity index (χ2n) is 8.07. The van der Waals surface area contributed by atoms with Gasteiger partial charge in [-0.05, 0) is 73.9 Å². The molecule has 4 rings (SSSR count). The van der Waals surface area contributed by atoms with Crippen LogP contribution in [0.15, 0.2) is 59.6 Å². The Labute approximate surface area is 198 Å². The Bertz CT molecular complexity index is 1190. The lowest BCUT2D eigenvalue weighted by Gasteiger charge is -2.25. The summed E-state index contributed by atoms with van der Waals surface area (Å²) in [6.07, 6.45) is 2.79. The lowest BCUT2D eigenvalue weighted by Crippen LogP contribution is -2.23. The quantitative estimate of drug-likeness (QED) is 0.452. The molecule has 1 aliphatic rings. The van der Waals surface area contributed by atoms with Crippen molar-refractivity contribution in [1.82, 2.24) is 4.98 Å². The van der Waals surface area contributed by atoms with Gasteiger partial charge in [0.2, 0.25) is 5.91 Å². The van der Waals surface area contributed by atoms with E-state index in [9.17, 15) is 10.1 Å². The van der Waals surface area contributed by atoms with E-state index < -0.39 is 5.25 Å². The summed E-state index contributed by atoms with van der Waals surface area (Å²) >= 11 is 7.48. The van der Waals surface area contributed by atoms with E-state index in [0.717, 1.165) is 36.1 Å². The van der Waals surface area contributed by atoms with E-state index in [4.69, 9.17) is 16.6 Å². The Hall–Kier alpha value is -2.81. The van der Waals surface area contributed by atoms with Gasteiger partial charge in [-0.1, -0.05) is 59.8 Å². The largest absolute Gasteiger partial charge is 0.325 e. The number of aromatic nitrogens is 1. The summed E-state index contributed by atoms with van der Waals surface area (Å²) in [6.45, 7) is 3.70. The highest BCUT2D eigenvalue weighted by atomic mass is 35.5. The molecule has 3 aromatic rings. The SMILES string of the molecule is Cc1c(Cl)cccc1NC(=O)C(C)Sc1nc2c(cc1C#N)CC(c1ccccc1)CC2. The molecule has 1 amide bonds. The van der Waals surface area contributed by atoms with E-state index in [2.05, 4.69) is 35.7 Å². The van der Waals surface area contributed by atoms with Crippen LogP contribution in [0.25, 0.3) is 0 Å². The van der Waals surface area contributed by atoms with E-state index >= 15 is 0 Å². The minimum Gasteiger partial charge on any atom is -0.325 e. The van der Waals surface area contributed by atoms with E-state index in [0.29, 0.717) is 27.2 Å². The number of thioether (sulfide) groups is 1. The Morgan fingerprint density at radius 3 is 2.78 bits per heavy atom. The number of rotatable bonds is 5. The molecule has 4 nitrogen and oxygen atoms in total. The molecular weight excluding hydrogens is 438 g/mol. The van der Waals surface area contributed by atoms with Crippen LogP contribution in [-0.2, 0) is 17.6 Å². The van der Waals surface area contributed by atoms with Gasteiger partial charge in [0.25, 0.3) is 0 Å². The van der Waals surface area contributed by atoms with Gasteiger partial charge in [0.05, 0.1) is 10.8 Å². The Kier molecular flexibility index (Phi) is 6.83. The molecule has 0 aliphatic heterocycles. The van der Waals surface area contributed by atoms with Gasteiger partial charge in [0.1, 0.15) is 11.1 Å². The molecular formula is C26H24ClN3OS. The molecule has 0 saturated carbocycles. The first-order valence-electron chi connectivity index (χ1n) is 10.7. The maximum absolute atomic E-state index is 12.8. The van der Waals surface area contributed by atoms with Crippen molar-refractivity contribution < 1.29 is 4.79 Å². The smallest absolute Gasteiger partial charge is 0.237 e. The number of amides is 1. The summed E-state index contributed by atoms with van der Waals surface area (Å²) in [7, 11) is 0. The van der Waals surface area contributed by atoms with Crippen molar-refractivity contribution >= 4 is 35.0 Å². The molecule has 2 aromatic carbocycles. The average Bonchev–Trinajstić information content (AvgIpc) is 2.81. The number of fused-ring (bicyclic) bond motifs is 1. The van der Waals surface area contributed by atoms with Crippen LogP contribution in [-0.4, -0.2) is 16.1 Å². The summed E-state index contributed by atoms with van der Waals surface area (Å²) in [5, 5.41) is 13.5. The van der Waals surface area contributed by atoms with Gasteiger partial charge in [0.15, 0.2) is 0 Å². The van der Waals surface area contributed by atoms with Crippen molar-refractivity contribution in [2.45, 2.75) is 49.3 Å². The molecule has 1 aliphatic carbocycles. The van der Waals surface area contributed by atoms with Crippen LogP contribution in [0, 0.1) is 18.3 Å². The zero-order valence-corrected chi connectivity index (χ0v) is 19.6. The van der Waals surface area contributed by atoms with Crippen molar-refractivity contribution in [3.63, 3.8) is 0 Å². The van der Waals surface area contributed by atoms with Crippen LogP contribution in [0.5, 0.6) is 0 Å². The summed E-state index contributed by atoms with van der Waals surface area (Å²) in [5.41, 5.74) is 5.56. The third-order valence-corrected chi connectivity index (χ3v) is 7.44. The zero-order chi connectivity index (χ0) is 22.7. The van der Waals surface area contributed by atoms with Crippen LogP contribution in [0.1, 0.15) is 47.2 Å². The third kappa shape index (κ3) is 4.82. The maximum atomic E-state index is 12.8. The van der Waals surface area contributed by atoms with Gasteiger partial charge in [-0.15, -0.1) is 0 Å². The minimum atomic E-state index is -0.410. The zero-order valence-electron chi connectivity index (χ0n) is 18.1. The molecule has 162 valence electrons. The number of anilines is 1. The first-order chi connectivity index (χ1) is 15.5. The van der Waals surface area contributed by atoms with Crippen molar-refractivity contribution in [2.75, 3.05) is 5.32 Å². The van der Waals surface area contributed by atoms with Crippen LogP contribution >= 0.6 is 23.4 Å². The Balaban J connectivity index is 1.50. The number of hydrogen-bond donors (Lipinski definition) is 1. The molecule has 2 atom stereocenters. The van der Waals surface area contributed by atoms with E-state index in [1.807, 2.05) is 38.1 Å². The van der Waals surface area contributed by atoms with Gasteiger partial charge in [-0.3, -0.25) is 4.79 Å². The highest BCUT2D eigenvalue weighted by Crippen LogP contribution is 2.35. The average molecular weight is 462 g/mol. The summed E-state index contributed by atoms with van der Waals surface area (Å²) in [5.74, 6) is 0.300. The lowest BCUT2D eigenvalue weighted by molar-refractivity contribution is -0.115. The normalized spacial score (nSPS) is 16.0. The predicted octanol–water partition coefficient (Wildman–Crippen LogP) is 6.31. The number of nitrogens with one attached hydrogen (secondary N) is 1. The molecule has 1 N–H and O–H groups in total. The molecule has 32 heavy (non-hydrogen) atoms. The minimum absolute atomic E-state index is 0.145. The van der Waals surface area contributed by atoms with Gasteiger partial charge >= 0.3 is 0 Å². The number of carbonyl (C=O) groups is 1. The molecule has 6 heteroatoms. The summed E-state index contributed by atoms with van der Waals surface area (Å²) < 4.78 is 0. The Morgan fingerprint density at radius 2 is 2.03 bits per heavy atom. The van der Waals surface area contributed by atoms with E-state index in [-0.39, 0.29) is 5.91 Å². The Morgan fingerprint density at radius 1 is 1.25 bits per heavy atom. The first kappa shape index (κ1) is 22.4. The fraction of sp³-hybridized carbons (Fsp3) is 0.269. The molecule has 1 heterocycles. The van der Waals surface area contributed by atoms with Gasteiger partial charge in [-0.25, -0.2) is 4.98 Å². The number of hydrogen-bond acceptors (Lipinski definition) is 4. The molecule has 1 aromatic heterocycles. The number of aryl methyl sites for hydroxylation is 1. The number of benzene rings is 2. The van der Waals surface area contributed by atoms with Crippen LogP contribution in [0.4, 0.5) is 5.69 Å². The van der Waals surface area contributed by atoms with Gasteiger partial charge < -0.3 is 5.32 Å². The highest BCUT2D eigenvalue weighted by molar-refractivity contribution is 8.00. The summed E-state index contributed by atoms with van der Waals surface area (Å²) in [6, 6.07) is 20.2. The van der Waals surface area contributed by atoms with E-state index in [1.165, 1.54) is 17.3 Å². The fourth-order valence-electron chi connectivity index (χ4n) is 4.02. The van der Waals surface area contributed by atoms with Crippen molar-refractivity contribution in [3.05, 3.63) is 87.6 Å². The highest BCUT2D eigenvalue weighted by Gasteiger charge is 2.25. The molecule has 0 spiro atoms. The number of pyridine rings is 1. The first-order valence-corrected chi connectivity index (χ1v) is 11.9. The monoisotopic (exact) mass is 461 g/mol. The van der Waals surface area contributed by atoms with Gasteiger partial charge in [0, 0.05) is 16.4 Å². The summed E-state index contributed by atoms with van der Waals surface area (Å²) in [4.78, 5) is 17.6. The third-order valence-electron chi connectivity index (χ3n) is 5.93. The molecule has 0 radical (unpaired) electrons. The molecule has 2 unspecified atom stereocenters. The van der Waals surface area contributed by atoms with Crippen LogP contribution in [0.3, 0.4) is 0 Å².